The molecule has 0 amide bonds. The van der Waals surface area contributed by atoms with E-state index in [0.29, 0.717) is 16.3 Å². The van der Waals surface area contributed by atoms with Crippen molar-refractivity contribution < 1.29 is 4.21 Å². The van der Waals surface area contributed by atoms with Crippen molar-refractivity contribution in [1.29, 1.82) is 0 Å². The molecular weight excluding hydrogens is 246 g/mol. The van der Waals surface area contributed by atoms with Crippen LogP contribution < -0.4 is 5.73 Å². The Bertz CT molecular complexity index is 604. The first kappa shape index (κ1) is 12.8. The fraction of sp³-hybridized carbons (Fsp3) is 0.308. The Morgan fingerprint density at radius 2 is 2.11 bits per heavy atom. The maximum Gasteiger partial charge on any atom is 0.0703 e. The van der Waals surface area contributed by atoms with Gasteiger partial charge in [0.25, 0.3) is 0 Å². The van der Waals surface area contributed by atoms with Crippen molar-refractivity contribution in [3.8, 4) is 0 Å². The highest BCUT2D eigenvalue weighted by atomic mass is 32.2. The molecule has 4 nitrogen and oxygen atoms in total. The molecule has 0 saturated carbocycles. The lowest BCUT2D eigenvalue weighted by Crippen LogP contribution is -2.05. The number of hydrogen-bond donors (Lipinski definition) is 1. The van der Waals surface area contributed by atoms with E-state index in [2.05, 4.69) is 5.10 Å². The molecule has 5 heteroatoms. The van der Waals surface area contributed by atoms with Crippen LogP contribution in [0.15, 0.2) is 29.2 Å². The lowest BCUT2D eigenvalue weighted by molar-refractivity contribution is 0.676. The quantitative estimate of drug-likeness (QED) is 0.861. The van der Waals surface area contributed by atoms with Gasteiger partial charge in [-0.1, -0.05) is 12.1 Å². The summed E-state index contributed by atoms with van der Waals surface area (Å²) < 4.78 is 14.1. The Hall–Kier alpha value is -1.62. The van der Waals surface area contributed by atoms with Crippen LogP contribution in [0.1, 0.15) is 17.0 Å². The van der Waals surface area contributed by atoms with E-state index in [1.807, 2.05) is 45.2 Å². The van der Waals surface area contributed by atoms with Gasteiger partial charge < -0.3 is 5.73 Å². The molecule has 0 fully saturated rings. The van der Waals surface area contributed by atoms with Gasteiger partial charge in [0.2, 0.25) is 0 Å². The standard InChI is InChI=1S/C13H17N3OS/c1-9-5-4-6-12(13(9)14)18(17)8-11-7-10(2)15-16(11)3/h4-7H,8,14H2,1-3H3. The van der Waals surface area contributed by atoms with Crippen molar-refractivity contribution in [3.05, 3.63) is 41.2 Å². The van der Waals surface area contributed by atoms with E-state index in [1.54, 1.807) is 4.68 Å². The van der Waals surface area contributed by atoms with E-state index in [0.717, 1.165) is 17.0 Å². The number of anilines is 1. The minimum absolute atomic E-state index is 0.436. The zero-order valence-electron chi connectivity index (χ0n) is 10.8. The first-order valence-corrected chi connectivity index (χ1v) is 7.04. The molecule has 0 spiro atoms. The average molecular weight is 263 g/mol. The minimum Gasteiger partial charge on any atom is -0.398 e. The first-order valence-electron chi connectivity index (χ1n) is 5.72. The zero-order chi connectivity index (χ0) is 13.3. The summed E-state index contributed by atoms with van der Waals surface area (Å²) in [5.74, 6) is 0.436. The normalized spacial score (nSPS) is 12.6. The Morgan fingerprint density at radius 3 is 2.72 bits per heavy atom. The van der Waals surface area contributed by atoms with E-state index >= 15 is 0 Å². The van der Waals surface area contributed by atoms with Crippen LogP contribution in [-0.4, -0.2) is 14.0 Å². The van der Waals surface area contributed by atoms with Crippen LogP contribution >= 0.6 is 0 Å². The third-order valence-electron chi connectivity index (χ3n) is 2.91. The molecule has 0 saturated heterocycles. The second-order valence-electron chi connectivity index (χ2n) is 4.38. The van der Waals surface area contributed by atoms with Gasteiger partial charge in [-0.2, -0.15) is 5.10 Å². The summed E-state index contributed by atoms with van der Waals surface area (Å²) in [6.45, 7) is 3.84. The topological polar surface area (TPSA) is 60.9 Å². The Labute approximate surface area is 109 Å². The Morgan fingerprint density at radius 1 is 1.39 bits per heavy atom. The van der Waals surface area contributed by atoms with E-state index in [1.165, 1.54) is 0 Å². The lowest BCUT2D eigenvalue weighted by atomic mass is 10.2. The highest BCUT2D eigenvalue weighted by Gasteiger charge is 2.12. The van der Waals surface area contributed by atoms with Gasteiger partial charge in [-0.3, -0.25) is 8.89 Å². The van der Waals surface area contributed by atoms with Crippen molar-refractivity contribution in [1.82, 2.24) is 9.78 Å². The summed E-state index contributed by atoms with van der Waals surface area (Å²) in [4.78, 5) is 0.703. The monoisotopic (exact) mass is 263 g/mol. The molecular formula is C13H17N3OS. The van der Waals surface area contributed by atoms with Crippen LogP contribution in [0.2, 0.25) is 0 Å². The molecule has 2 aromatic rings. The number of nitrogen functional groups attached to an aromatic ring is 1. The van der Waals surface area contributed by atoms with Gasteiger partial charge >= 0.3 is 0 Å². The predicted octanol–water partition coefficient (Wildman–Crippen LogP) is 1.93. The van der Waals surface area contributed by atoms with Crippen molar-refractivity contribution in [2.24, 2.45) is 7.05 Å². The number of rotatable bonds is 3. The fourth-order valence-electron chi connectivity index (χ4n) is 1.86. The van der Waals surface area contributed by atoms with E-state index in [4.69, 9.17) is 5.73 Å². The number of hydrogen-bond acceptors (Lipinski definition) is 3. The van der Waals surface area contributed by atoms with E-state index < -0.39 is 10.8 Å². The molecule has 1 unspecified atom stereocenters. The van der Waals surface area contributed by atoms with E-state index in [-0.39, 0.29) is 0 Å². The van der Waals surface area contributed by atoms with Gasteiger partial charge in [-0.05, 0) is 31.5 Å². The van der Waals surface area contributed by atoms with Crippen LogP contribution in [0.4, 0.5) is 5.69 Å². The maximum absolute atomic E-state index is 12.3. The highest BCUT2D eigenvalue weighted by molar-refractivity contribution is 7.84. The van der Waals surface area contributed by atoms with Crippen LogP contribution in [0.25, 0.3) is 0 Å². The minimum atomic E-state index is -1.14. The van der Waals surface area contributed by atoms with Gasteiger partial charge in [0, 0.05) is 7.05 Å². The molecule has 1 aromatic heterocycles. The van der Waals surface area contributed by atoms with Crippen LogP contribution in [0.5, 0.6) is 0 Å². The van der Waals surface area contributed by atoms with Crippen molar-refractivity contribution in [2.45, 2.75) is 24.5 Å². The number of benzene rings is 1. The summed E-state index contributed by atoms with van der Waals surface area (Å²) >= 11 is 0. The number of aryl methyl sites for hydroxylation is 3. The zero-order valence-corrected chi connectivity index (χ0v) is 11.6. The summed E-state index contributed by atoms with van der Waals surface area (Å²) in [5, 5.41) is 4.25. The molecule has 2 N–H and O–H groups in total. The lowest BCUT2D eigenvalue weighted by Gasteiger charge is -2.08. The molecule has 1 atom stereocenters. The molecule has 1 heterocycles. The molecule has 0 bridgehead atoms. The van der Waals surface area contributed by atoms with Gasteiger partial charge in [-0.25, -0.2) is 0 Å². The third kappa shape index (κ3) is 2.46. The SMILES string of the molecule is Cc1cc(CS(=O)c2cccc(C)c2N)n(C)n1. The van der Waals surface area contributed by atoms with Crippen molar-refractivity contribution in [3.63, 3.8) is 0 Å². The number of para-hydroxylation sites is 1. The Balaban J connectivity index is 2.27. The van der Waals surface area contributed by atoms with Gasteiger partial charge in [-0.15, -0.1) is 0 Å². The largest absolute Gasteiger partial charge is 0.398 e. The number of aromatic nitrogens is 2. The summed E-state index contributed by atoms with van der Waals surface area (Å²) in [6, 6.07) is 7.57. The van der Waals surface area contributed by atoms with E-state index in [9.17, 15) is 4.21 Å². The molecule has 0 aliphatic rings. The second kappa shape index (κ2) is 4.94. The Kier molecular flexibility index (Phi) is 3.52. The summed E-state index contributed by atoms with van der Waals surface area (Å²) in [6.07, 6.45) is 0. The molecule has 0 aliphatic carbocycles. The summed E-state index contributed by atoms with van der Waals surface area (Å²) in [7, 11) is 0.721. The third-order valence-corrected chi connectivity index (χ3v) is 4.31. The molecule has 0 aliphatic heterocycles. The maximum atomic E-state index is 12.3. The number of nitrogens with zero attached hydrogens (tertiary/aromatic N) is 2. The van der Waals surface area contributed by atoms with Gasteiger partial charge in [0.1, 0.15) is 0 Å². The predicted molar refractivity (Wildman–Crippen MR) is 73.6 cm³/mol. The average Bonchev–Trinajstić information content (AvgIpc) is 2.61. The molecule has 1 aromatic carbocycles. The molecule has 0 radical (unpaired) electrons. The van der Waals surface area contributed by atoms with Crippen molar-refractivity contribution in [2.75, 3.05) is 5.73 Å². The molecule has 18 heavy (non-hydrogen) atoms. The number of nitrogens with two attached hydrogens (primary N) is 1. The molecule has 96 valence electrons. The van der Waals surface area contributed by atoms with Crippen LogP contribution in [0.3, 0.4) is 0 Å². The van der Waals surface area contributed by atoms with Crippen LogP contribution in [-0.2, 0) is 23.6 Å². The summed E-state index contributed by atoms with van der Waals surface area (Å²) in [5.41, 5.74) is 9.43. The first-order chi connectivity index (χ1) is 8.49. The second-order valence-corrected chi connectivity index (χ2v) is 5.80. The van der Waals surface area contributed by atoms with Crippen molar-refractivity contribution >= 4 is 16.5 Å². The smallest absolute Gasteiger partial charge is 0.0703 e. The van der Waals surface area contributed by atoms with Gasteiger partial charge in [0.15, 0.2) is 0 Å². The van der Waals surface area contributed by atoms with Gasteiger partial charge in [0.05, 0.1) is 38.5 Å². The highest BCUT2D eigenvalue weighted by Crippen LogP contribution is 2.22. The van der Waals surface area contributed by atoms with Crippen LogP contribution in [0, 0.1) is 13.8 Å². The fourth-order valence-corrected chi connectivity index (χ4v) is 3.19. The molecule has 2 rings (SSSR count).